The molecular formula is C20H24N2. The van der Waals surface area contributed by atoms with Crippen molar-refractivity contribution in [3.05, 3.63) is 65.7 Å². The minimum Gasteiger partial charge on any atom is -0.366 e. The Balaban J connectivity index is 1.68. The summed E-state index contributed by atoms with van der Waals surface area (Å²) < 4.78 is 0. The Hall–Kier alpha value is -1.80. The van der Waals surface area contributed by atoms with Crippen LogP contribution in [0.5, 0.6) is 0 Å². The van der Waals surface area contributed by atoms with Crippen LogP contribution in [-0.4, -0.2) is 12.6 Å². The standard InChI is InChI=1S/C20H24N2/c1-2-8-16(9-3-1)19-15-22(18-11-5-6-12-18)20-13-7-4-10-17(20)14-21-19/h1-4,7-10,13,18-19,21H,5-6,11-12,14-15H2. The first kappa shape index (κ1) is 13.8. The van der Waals surface area contributed by atoms with Gasteiger partial charge in [-0.25, -0.2) is 0 Å². The van der Waals surface area contributed by atoms with Crippen molar-refractivity contribution in [1.29, 1.82) is 0 Å². The van der Waals surface area contributed by atoms with E-state index in [2.05, 4.69) is 64.8 Å². The van der Waals surface area contributed by atoms with Crippen molar-refractivity contribution in [2.75, 3.05) is 11.4 Å². The van der Waals surface area contributed by atoms with Gasteiger partial charge in [0, 0.05) is 24.8 Å². The van der Waals surface area contributed by atoms with Gasteiger partial charge >= 0.3 is 0 Å². The minimum atomic E-state index is 0.411. The highest BCUT2D eigenvalue weighted by Crippen LogP contribution is 2.34. The predicted molar refractivity (Wildman–Crippen MR) is 92.1 cm³/mol. The third-order valence-corrected chi connectivity index (χ3v) is 5.19. The van der Waals surface area contributed by atoms with Crippen molar-refractivity contribution in [2.24, 2.45) is 0 Å². The SMILES string of the molecule is c1ccc(C2CN(C3CCCC3)c3ccccc3CN2)cc1. The van der Waals surface area contributed by atoms with E-state index >= 15 is 0 Å². The fourth-order valence-corrected chi connectivity index (χ4v) is 4.00. The molecule has 2 aromatic carbocycles. The van der Waals surface area contributed by atoms with Crippen molar-refractivity contribution in [3.8, 4) is 0 Å². The molecule has 1 atom stereocenters. The minimum absolute atomic E-state index is 0.411. The van der Waals surface area contributed by atoms with Gasteiger partial charge in [0.1, 0.15) is 0 Å². The first-order valence-corrected chi connectivity index (χ1v) is 8.55. The van der Waals surface area contributed by atoms with Crippen LogP contribution < -0.4 is 10.2 Å². The van der Waals surface area contributed by atoms with E-state index in [0.717, 1.165) is 13.1 Å². The lowest BCUT2D eigenvalue weighted by atomic mass is 10.1. The molecule has 22 heavy (non-hydrogen) atoms. The average Bonchev–Trinajstić information content (AvgIpc) is 3.04. The molecule has 0 bridgehead atoms. The Morgan fingerprint density at radius 2 is 1.59 bits per heavy atom. The summed E-state index contributed by atoms with van der Waals surface area (Å²) in [6, 6.07) is 21.0. The molecule has 1 unspecified atom stereocenters. The molecule has 1 fully saturated rings. The van der Waals surface area contributed by atoms with Crippen LogP contribution in [0, 0.1) is 0 Å². The van der Waals surface area contributed by atoms with E-state index in [1.807, 2.05) is 0 Å². The normalized spacial score (nSPS) is 22.4. The number of nitrogens with zero attached hydrogens (tertiary/aromatic N) is 1. The summed E-state index contributed by atoms with van der Waals surface area (Å²) in [7, 11) is 0. The number of hydrogen-bond acceptors (Lipinski definition) is 2. The molecule has 0 aromatic heterocycles. The molecule has 1 N–H and O–H groups in total. The first-order valence-electron chi connectivity index (χ1n) is 8.55. The molecule has 0 spiro atoms. The van der Waals surface area contributed by atoms with Gasteiger partial charge in [-0.3, -0.25) is 0 Å². The largest absolute Gasteiger partial charge is 0.366 e. The Morgan fingerprint density at radius 3 is 2.41 bits per heavy atom. The molecular weight excluding hydrogens is 268 g/mol. The Kier molecular flexibility index (Phi) is 3.86. The van der Waals surface area contributed by atoms with Crippen LogP contribution in [0.15, 0.2) is 54.6 Å². The molecule has 1 aliphatic carbocycles. The second-order valence-electron chi connectivity index (χ2n) is 6.56. The predicted octanol–water partition coefficient (Wildman–Crippen LogP) is 4.28. The number of anilines is 1. The summed E-state index contributed by atoms with van der Waals surface area (Å²) in [5, 5.41) is 3.77. The van der Waals surface area contributed by atoms with Crippen LogP contribution in [-0.2, 0) is 6.54 Å². The van der Waals surface area contributed by atoms with Gasteiger partial charge in [0.25, 0.3) is 0 Å². The highest BCUT2D eigenvalue weighted by atomic mass is 15.2. The second kappa shape index (κ2) is 6.13. The zero-order chi connectivity index (χ0) is 14.8. The topological polar surface area (TPSA) is 15.3 Å². The maximum atomic E-state index is 3.77. The van der Waals surface area contributed by atoms with Gasteiger partial charge in [-0.2, -0.15) is 0 Å². The summed E-state index contributed by atoms with van der Waals surface area (Å²) in [5.74, 6) is 0. The molecule has 0 amide bonds. The summed E-state index contributed by atoms with van der Waals surface area (Å²) in [6.45, 7) is 2.03. The number of benzene rings is 2. The van der Waals surface area contributed by atoms with Crippen molar-refractivity contribution in [2.45, 2.75) is 44.3 Å². The maximum absolute atomic E-state index is 3.77. The molecule has 0 saturated heterocycles. The lowest BCUT2D eigenvalue weighted by molar-refractivity contribution is 0.506. The molecule has 0 radical (unpaired) electrons. The van der Waals surface area contributed by atoms with Gasteiger partial charge in [-0.15, -0.1) is 0 Å². The van der Waals surface area contributed by atoms with Gasteiger partial charge in [-0.05, 0) is 30.0 Å². The lowest BCUT2D eigenvalue weighted by Gasteiger charge is -2.33. The van der Waals surface area contributed by atoms with Crippen molar-refractivity contribution < 1.29 is 0 Å². The molecule has 2 aromatic rings. The van der Waals surface area contributed by atoms with E-state index in [9.17, 15) is 0 Å². The van der Waals surface area contributed by atoms with Crippen LogP contribution in [0.4, 0.5) is 5.69 Å². The fourth-order valence-electron chi connectivity index (χ4n) is 4.00. The zero-order valence-corrected chi connectivity index (χ0v) is 13.0. The quantitative estimate of drug-likeness (QED) is 0.888. The molecule has 1 heterocycles. The van der Waals surface area contributed by atoms with E-state index in [0.29, 0.717) is 12.1 Å². The van der Waals surface area contributed by atoms with Gasteiger partial charge in [0.05, 0.1) is 6.04 Å². The summed E-state index contributed by atoms with van der Waals surface area (Å²) in [4.78, 5) is 2.68. The summed E-state index contributed by atoms with van der Waals surface area (Å²) in [5.41, 5.74) is 4.28. The number of fused-ring (bicyclic) bond motifs is 1. The van der Waals surface area contributed by atoms with Crippen molar-refractivity contribution in [1.82, 2.24) is 5.32 Å². The highest BCUT2D eigenvalue weighted by Gasteiger charge is 2.29. The van der Waals surface area contributed by atoms with Crippen molar-refractivity contribution in [3.63, 3.8) is 0 Å². The number of para-hydroxylation sites is 1. The number of nitrogens with one attached hydrogen (secondary N) is 1. The van der Waals surface area contributed by atoms with Gasteiger partial charge < -0.3 is 10.2 Å². The number of hydrogen-bond donors (Lipinski definition) is 1. The van der Waals surface area contributed by atoms with Crippen LogP contribution in [0.3, 0.4) is 0 Å². The molecule has 4 rings (SSSR count). The number of rotatable bonds is 2. The molecule has 2 nitrogen and oxygen atoms in total. The second-order valence-corrected chi connectivity index (χ2v) is 6.56. The third-order valence-electron chi connectivity index (χ3n) is 5.19. The van der Waals surface area contributed by atoms with E-state index < -0.39 is 0 Å². The van der Waals surface area contributed by atoms with E-state index in [1.165, 1.54) is 42.5 Å². The fraction of sp³-hybridized carbons (Fsp3) is 0.400. The van der Waals surface area contributed by atoms with E-state index in [4.69, 9.17) is 0 Å². The zero-order valence-electron chi connectivity index (χ0n) is 13.0. The molecule has 2 aliphatic rings. The molecule has 2 heteroatoms. The first-order chi connectivity index (χ1) is 10.9. The Bertz CT molecular complexity index is 617. The average molecular weight is 292 g/mol. The van der Waals surface area contributed by atoms with E-state index in [1.54, 1.807) is 0 Å². The highest BCUT2D eigenvalue weighted by molar-refractivity contribution is 5.56. The monoisotopic (exact) mass is 292 g/mol. The Labute approximate surface area is 133 Å². The molecule has 114 valence electrons. The molecule has 1 aliphatic heterocycles. The smallest absolute Gasteiger partial charge is 0.0500 e. The van der Waals surface area contributed by atoms with Crippen LogP contribution >= 0.6 is 0 Å². The van der Waals surface area contributed by atoms with Crippen LogP contribution in [0.25, 0.3) is 0 Å². The third kappa shape index (κ3) is 2.64. The lowest BCUT2D eigenvalue weighted by Crippen LogP contribution is -2.38. The van der Waals surface area contributed by atoms with Gasteiger partial charge in [0.15, 0.2) is 0 Å². The van der Waals surface area contributed by atoms with Crippen molar-refractivity contribution >= 4 is 5.69 Å². The maximum Gasteiger partial charge on any atom is 0.0500 e. The Morgan fingerprint density at radius 1 is 0.864 bits per heavy atom. The molecule has 1 saturated carbocycles. The van der Waals surface area contributed by atoms with Gasteiger partial charge in [0.2, 0.25) is 0 Å². The summed E-state index contributed by atoms with van der Waals surface area (Å²) in [6.07, 6.45) is 5.45. The van der Waals surface area contributed by atoms with Crippen LogP contribution in [0.2, 0.25) is 0 Å². The summed E-state index contributed by atoms with van der Waals surface area (Å²) >= 11 is 0. The van der Waals surface area contributed by atoms with E-state index in [-0.39, 0.29) is 0 Å². The van der Waals surface area contributed by atoms with Crippen LogP contribution in [0.1, 0.15) is 42.9 Å². The van der Waals surface area contributed by atoms with Gasteiger partial charge in [-0.1, -0.05) is 61.4 Å².